The van der Waals surface area contributed by atoms with Crippen molar-refractivity contribution >= 4 is 39.1 Å². The van der Waals surface area contributed by atoms with Crippen LogP contribution in [0.3, 0.4) is 0 Å². The molecule has 2 rings (SSSR count). The summed E-state index contributed by atoms with van der Waals surface area (Å²) in [6, 6.07) is 11.1. The van der Waals surface area contributed by atoms with Gasteiger partial charge in [-0.1, -0.05) is 29.8 Å². The lowest BCUT2D eigenvalue weighted by Gasteiger charge is -2.31. The molecule has 0 heterocycles. The number of sulfonamides is 1. The number of carbonyl (C=O) groups is 2. The van der Waals surface area contributed by atoms with E-state index in [1.807, 2.05) is 0 Å². The summed E-state index contributed by atoms with van der Waals surface area (Å²) in [5.41, 5.74) is 1.69. The Hall–Kier alpha value is -2.78. The molecular weight excluding hydrogens is 454 g/mol. The highest BCUT2D eigenvalue weighted by molar-refractivity contribution is 7.92. The Bertz CT molecular complexity index is 1090. The molecule has 0 aromatic heterocycles. The zero-order valence-electron chi connectivity index (χ0n) is 18.8. The molecule has 2 aromatic rings. The van der Waals surface area contributed by atoms with Crippen LogP contribution in [0.1, 0.15) is 18.1 Å². The average molecular weight is 482 g/mol. The van der Waals surface area contributed by atoms with Gasteiger partial charge in [-0.3, -0.25) is 13.9 Å². The van der Waals surface area contributed by atoms with E-state index in [0.717, 1.165) is 16.1 Å². The summed E-state index contributed by atoms with van der Waals surface area (Å²) < 4.78 is 31.4. The Morgan fingerprint density at radius 3 is 2.47 bits per heavy atom. The number of nitrogens with zero attached hydrogens (tertiary/aromatic N) is 2. The SMILES string of the molecule is CNC(=O)[C@H](C)N(Cc1cccc(OC)c1)C(=O)CN(c1cc(Cl)ccc1C)S(C)(=O)=O. The van der Waals surface area contributed by atoms with Gasteiger partial charge in [0, 0.05) is 18.6 Å². The van der Waals surface area contributed by atoms with Crippen LogP contribution >= 0.6 is 11.6 Å². The Balaban J connectivity index is 2.43. The molecule has 0 unspecified atom stereocenters. The summed E-state index contributed by atoms with van der Waals surface area (Å²) in [4.78, 5) is 27.0. The maximum Gasteiger partial charge on any atom is 0.244 e. The average Bonchev–Trinajstić information content (AvgIpc) is 2.75. The fraction of sp³-hybridized carbons (Fsp3) is 0.364. The molecule has 0 spiro atoms. The third kappa shape index (κ3) is 6.37. The number of aryl methyl sites for hydroxylation is 1. The van der Waals surface area contributed by atoms with E-state index in [1.165, 1.54) is 25.1 Å². The fourth-order valence-corrected chi connectivity index (χ4v) is 4.27. The van der Waals surface area contributed by atoms with Gasteiger partial charge in [0.25, 0.3) is 0 Å². The zero-order valence-corrected chi connectivity index (χ0v) is 20.3. The first-order chi connectivity index (χ1) is 15.0. The number of ether oxygens (including phenoxy) is 1. The van der Waals surface area contributed by atoms with E-state index in [-0.39, 0.29) is 12.5 Å². The molecule has 2 aromatic carbocycles. The molecule has 174 valence electrons. The third-order valence-electron chi connectivity index (χ3n) is 5.02. The number of anilines is 1. The van der Waals surface area contributed by atoms with Crippen molar-refractivity contribution < 1.29 is 22.7 Å². The summed E-state index contributed by atoms with van der Waals surface area (Å²) in [7, 11) is -0.803. The molecule has 0 radical (unpaired) electrons. The van der Waals surface area contributed by atoms with E-state index in [0.29, 0.717) is 22.0 Å². The van der Waals surface area contributed by atoms with Crippen molar-refractivity contribution in [2.24, 2.45) is 0 Å². The molecular formula is C22H28ClN3O5S. The summed E-state index contributed by atoms with van der Waals surface area (Å²) in [6.45, 7) is 2.93. The Morgan fingerprint density at radius 1 is 1.19 bits per heavy atom. The van der Waals surface area contributed by atoms with Gasteiger partial charge < -0.3 is 15.0 Å². The maximum absolute atomic E-state index is 13.4. The summed E-state index contributed by atoms with van der Waals surface area (Å²) in [6.07, 6.45) is 1.02. The predicted molar refractivity (Wildman–Crippen MR) is 125 cm³/mol. The van der Waals surface area contributed by atoms with Crippen molar-refractivity contribution in [3.8, 4) is 5.75 Å². The normalized spacial score (nSPS) is 12.1. The van der Waals surface area contributed by atoms with Crippen LogP contribution in [0.5, 0.6) is 5.75 Å². The lowest BCUT2D eigenvalue weighted by molar-refractivity contribution is -0.139. The van der Waals surface area contributed by atoms with Crippen LogP contribution in [-0.4, -0.2) is 58.1 Å². The van der Waals surface area contributed by atoms with Crippen LogP contribution in [0.4, 0.5) is 5.69 Å². The molecule has 10 heteroatoms. The Morgan fingerprint density at radius 2 is 1.88 bits per heavy atom. The van der Waals surface area contributed by atoms with Gasteiger partial charge in [-0.15, -0.1) is 0 Å². The second-order valence-corrected chi connectivity index (χ2v) is 9.71. The lowest BCUT2D eigenvalue weighted by Crippen LogP contribution is -2.50. The first-order valence-electron chi connectivity index (χ1n) is 9.85. The number of hydrogen-bond donors (Lipinski definition) is 1. The Labute approximate surface area is 194 Å². The standard InChI is InChI=1S/C22H28ClN3O5S/c1-15-9-10-18(23)12-20(15)26(32(5,29)30)14-21(27)25(16(2)22(28)24-3)13-17-7-6-8-19(11-17)31-4/h6-12,16H,13-14H2,1-5H3,(H,24,28)/t16-/m0/s1. The van der Waals surface area contributed by atoms with Crippen LogP contribution in [0.2, 0.25) is 5.02 Å². The number of rotatable bonds is 9. The summed E-state index contributed by atoms with van der Waals surface area (Å²) in [5, 5.41) is 2.88. The largest absolute Gasteiger partial charge is 0.497 e. The molecule has 0 aliphatic carbocycles. The number of halogens is 1. The number of likely N-dealkylation sites (N-methyl/N-ethyl adjacent to an activating group) is 1. The van der Waals surface area contributed by atoms with Gasteiger partial charge >= 0.3 is 0 Å². The van der Waals surface area contributed by atoms with Crippen molar-refractivity contribution in [2.75, 3.05) is 31.3 Å². The highest BCUT2D eigenvalue weighted by Crippen LogP contribution is 2.27. The van der Waals surface area contributed by atoms with Crippen molar-refractivity contribution in [3.05, 3.63) is 58.6 Å². The number of carbonyl (C=O) groups excluding carboxylic acids is 2. The predicted octanol–water partition coefficient (Wildman–Crippen LogP) is 2.59. The van der Waals surface area contributed by atoms with E-state index in [4.69, 9.17) is 16.3 Å². The van der Waals surface area contributed by atoms with E-state index in [9.17, 15) is 18.0 Å². The van der Waals surface area contributed by atoms with E-state index in [2.05, 4.69) is 5.32 Å². The molecule has 0 saturated heterocycles. The van der Waals surface area contributed by atoms with Crippen LogP contribution in [-0.2, 0) is 26.2 Å². The van der Waals surface area contributed by atoms with Gasteiger partial charge in [-0.2, -0.15) is 0 Å². The summed E-state index contributed by atoms with van der Waals surface area (Å²) >= 11 is 6.08. The minimum absolute atomic E-state index is 0.0940. The van der Waals surface area contributed by atoms with Gasteiger partial charge in [0.1, 0.15) is 18.3 Å². The molecule has 1 N–H and O–H groups in total. The maximum atomic E-state index is 13.4. The monoisotopic (exact) mass is 481 g/mol. The second-order valence-electron chi connectivity index (χ2n) is 7.36. The molecule has 1 atom stereocenters. The second kappa shape index (κ2) is 10.7. The van der Waals surface area contributed by atoms with E-state index >= 15 is 0 Å². The zero-order chi connectivity index (χ0) is 24.1. The first kappa shape index (κ1) is 25.5. The number of nitrogens with one attached hydrogen (secondary N) is 1. The lowest BCUT2D eigenvalue weighted by atomic mass is 10.1. The molecule has 32 heavy (non-hydrogen) atoms. The number of methoxy groups -OCH3 is 1. The molecule has 0 fully saturated rings. The van der Waals surface area contributed by atoms with E-state index < -0.39 is 28.5 Å². The molecule has 8 nitrogen and oxygen atoms in total. The van der Waals surface area contributed by atoms with Crippen LogP contribution in [0, 0.1) is 6.92 Å². The number of amides is 2. The van der Waals surface area contributed by atoms with Crippen LogP contribution in [0.15, 0.2) is 42.5 Å². The third-order valence-corrected chi connectivity index (χ3v) is 6.38. The summed E-state index contributed by atoms with van der Waals surface area (Å²) in [5.74, 6) is -0.297. The smallest absolute Gasteiger partial charge is 0.244 e. The molecule has 0 saturated carbocycles. The highest BCUT2D eigenvalue weighted by Gasteiger charge is 2.30. The van der Waals surface area contributed by atoms with E-state index in [1.54, 1.807) is 50.2 Å². The molecule has 2 amide bonds. The number of hydrogen-bond acceptors (Lipinski definition) is 5. The van der Waals surface area contributed by atoms with Gasteiger partial charge in [0.2, 0.25) is 21.8 Å². The van der Waals surface area contributed by atoms with Gasteiger partial charge in [-0.05, 0) is 49.2 Å². The fourth-order valence-electron chi connectivity index (χ4n) is 3.21. The first-order valence-corrected chi connectivity index (χ1v) is 12.1. The van der Waals surface area contributed by atoms with Gasteiger partial charge in [0.05, 0.1) is 19.1 Å². The van der Waals surface area contributed by atoms with Crippen molar-refractivity contribution in [1.82, 2.24) is 10.2 Å². The number of benzene rings is 2. The van der Waals surface area contributed by atoms with Crippen LogP contribution < -0.4 is 14.4 Å². The van der Waals surface area contributed by atoms with Crippen molar-refractivity contribution in [1.29, 1.82) is 0 Å². The highest BCUT2D eigenvalue weighted by atomic mass is 35.5. The molecule has 0 aliphatic rings. The minimum Gasteiger partial charge on any atom is -0.497 e. The van der Waals surface area contributed by atoms with Gasteiger partial charge in [0.15, 0.2) is 0 Å². The topological polar surface area (TPSA) is 96.0 Å². The van der Waals surface area contributed by atoms with Crippen molar-refractivity contribution in [2.45, 2.75) is 26.4 Å². The quantitative estimate of drug-likeness (QED) is 0.594. The minimum atomic E-state index is -3.81. The van der Waals surface area contributed by atoms with Crippen LogP contribution in [0.25, 0.3) is 0 Å². The van der Waals surface area contributed by atoms with Crippen molar-refractivity contribution in [3.63, 3.8) is 0 Å². The Kier molecular flexibility index (Phi) is 8.51. The van der Waals surface area contributed by atoms with Gasteiger partial charge in [-0.25, -0.2) is 8.42 Å². The molecule has 0 aliphatic heterocycles. The molecule has 0 bridgehead atoms.